The quantitative estimate of drug-likeness (QED) is 0.519. The van der Waals surface area contributed by atoms with E-state index in [-0.39, 0.29) is 29.4 Å². The highest BCUT2D eigenvalue weighted by Crippen LogP contribution is 2.66. The van der Waals surface area contributed by atoms with E-state index in [1.54, 1.807) is 6.92 Å². The van der Waals surface area contributed by atoms with Crippen LogP contribution in [0.25, 0.3) is 0 Å². The van der Waals surface area contributed by atoms with Crippen LogP contribution < -0.4 is 4.74 Å². The highest BCUT2D eigenvalue weighted by atomic mass is 16.6. The normalized spacial score (nSPS) is 29.5. The Hall–Kier alpha value is -2.82. The number of ether oxygens (including phenoxy) is 3. The molecule has 4 bridgehead atoms. The van der Waals surface area contributed by atoms with Crippen LogP contribution in [0.3, 0.4) is 0 Å². The molecule has 4 fully saturated rings. The van der Waals surface area contributed by atoms with Gasteiger partial charge in [0.15, 0.2) is 6.61 Å². The van der Waals surface area contributed by atoms with Crippen LogP contribution in [-0.4, -0.2) is 25.2 Å². The van der Waals surface area contributed by atoms with Crippen LogP contribution in [0, 0.1) is 17.3 Å². The number of esters is 2. The summed E-state index contributed by atoms with van der Waals surface area (Å²) in [6, 6.07) is 18.0. The van der Waals surface area contributed by atoms with Crippen molar-refractivity contribution in [3.05, 3.63) is 65.7 Å². The Kier molecular flexibility index (Phi) is 5.90. The van der Waals surface area contributed by atoms with Crippen LogP contribution in [0.5, 0.6) is 5.75 Å². The van der Waals surface area contributed by atoms with Gasteiger partial charge in [-0.3, -0.25) is 4.79 Å². The van der Waals surface area contributed by atoms with Crippen molar-refractivity contribution in [2.75, 3.05) is 13.2 Å². The fraction of sp³-hybridized carbons (Fsp3) is 0.500. The molecule has 5 heteroatoms. The molecule has 0 radical (unpaired) electrons. The van der Waals surface area contributed by atoms with Crippen LogP contribution >= 0.6 is 0 Å². The summed E-state index contributed by atoms with van der Waals surface area (Å²) >= 11 is 0. The molecule has 4 aliphatic rings. The highest BCUT2D eigenvalue weighted by molar-refractivity contribution is 5.78. The molecule has 0 spiro atoms. The third-order valence-corrected chi connectivity index (χ3v) is 7.84. The van der Waals surface area contributed by atoms with Gasteiger partial charge >= 0.3 is 11.9 Å². The predicted octanol–water partition coefficient (Wildman–Crippen LogP) is 5.21. The smallest absolute Gasteiger partial charge is 0.344 e. The molecule has 0 N–H and O–H groups in total. The molecule has 174 valence electrons. The van der Waals surface area contributed by atoms with Crippen molar-refractivity contribution in [3.8, 4) is 5.75 Å². The van der Waals surface area contributed by atoms with Gasteiger partial charge in [0.05, 0.1) is 12.0 Å². The second-order valence-corrected chi connectivity index (χ2v) is 10.2. The minimum Gasteiger partial charge on any atom is -0.482 e. The van der Waals surface area contributed by atoms with E-state index in [1.807, 2.05) is 42.5 Å². The van der Waals surface area contributed by atoms with E-state index in [4.69, 9.17) is 14.2 Å². The Bertz CT molecular complexity index is 983. The maximum atomic E-state index is 13.4. The standard InChI is InChI=1S/C28H32O5/c1-2-31-25(29)18-32-24-10-8-23(9-11-24)27-13-21-12-22(14-27)16-28(15-21,19-27)26(30)33-17-20-6-4-3-5-7-20/h3-11,21-22H,2,12-19H2,1H3. The van der Waals surface area contributed by atoms with Gasteiger partial charge in [-0.1, -0.05) is 42.5 Å². The van der Waals surface area contributed by atoms with Crippen LogP contribution in [0.1, 0.15) is 56.6 Å². The van der Waals surface area contributed by atoms with Crippen molar-refractivity contribution in [2.24, 2.45) is 17.3 Å². The average molecular weight is 449 g/mol. The Morgan fingerprint density at radius 2 is 1.61 bits per heavy atom. The lowest BCUT2D eigenvalue weighted by molar-refractivity contribution is -0.175. The van der Waals surface area contributed by atoms with Gasteiger partial charge in [0.25, 0.3) is 0 Å². The topological polar surface area (TPSA) is 61.8 Å². The Morgan fingerprint density at radius 1 is 0.909 bits per heavy atom. The molecular weight excluding hydrogens is 416 g/mol. The summed E-state index contributed by atoms with van der Waals surface area (Å²) in [6.45, 7) is 2.39. The second kappa shape index (κ2) is 8.85. The van der Waals surface area contributed by atoms with Crippen molar-refractivity contribution in [2.45, 2.75) is 57.5 Å². The summed E-state index contributed by atoms with van der Waals surface area (Å²) in [5, 5.41) is 0. The second-order valence-electron chi connectivity index (χ2n) is 10.2. The minimum atomic E-state index is -0.363. The van der Waals surface area contributed by atoms with E-state index < -0.39 is 0 Å². The molecule has 4 aliphatic carbocycles. The van der Waals surface area contributed by atoms with Gasteiger partial charge < -0.3 is 14.2 Å². The summed E-state index contributed by atoms with van der Waals surface area (Å²) in [6.07, 6.45) is 6.29. The Balaban J connectivity index is 1.30. The molecule has 2 unspecified atom stereocenters. The third-order valence-electron chi connectivity index (χ3n) is 7.84. The van der Waals surface area contributed by atoms with E-state index in [2.05, 4.69) is 12.1 Å². The molecule has 2 aromatic rings. The first kappa shape index (κ1) is 22.0. The van der Waals surface area contributed by atoms with Crippen LogP contribution in [0.15, 0.2) is 54.6 Å². The number of benzene rings is 2. The first-order valence-electron chi connectivity index (χ1n) is 12.1. The van der Waals surface area contributed by atoms with E-state index in [0.717, 1.165) is 37.7 Å². The fourth-order valence-corrected chi connectivity index (χ4v) is 6.96. The molecule has 0 aromatic heterocycles. The molecule has 0 aliphatic heterocycles. The van der Waals surface area contributed by atoms with Crippen molar-refractivity contribution < 1.29 is 23.8 Å². The lowest BCUT2D eigenvalue weighted by atomic mass is 9.43. The zero-order chi connectivity index (χ0) is 22.9. The van der Waals surface area contributed by atoms with Gasteiger partial charge in [-0.15, -0.1) is 0 Å². The number of hydrogen-bond donors (Lipinski definition) is 0. The maximum Gasteiger partial charge on any atom is 0.344 e. The molecule has 2 aromatic carbocycles. The largest absolute Gasteiger partial charge is 0.482 e. The molecule has 6 rings (SSSR count). The molecule has 5 nitrogen and oxygen atoms in total. The number of carbonyl (C=O) groups is 2. The molecule has 0 amide bonds. The first-order valence-corrected chi connectivity index (χ1v) is 12.1. The molecule has 33 heavy (non-hydrogen) atoms. The number of hydrogen-bond acceptors (Lipinski definition) is 5. The van der Waals surface area contributed by atoms with Gasteiger partial charge in [-0.05, 0) is 86.0 Å². The lowest BCUT2D eigenvalue weighted by Gasteiger charge is -2.61. The SMILES string of the molecule is CCOC(=O)COc1ccc(C23CC4CC(CC(C(=O)OCc5ccccc5)(C4)C2)C3)cc1. The van der Waals surface area contributed by atoms with Crippen molar-refractivity contribution in [1.29, 1.82) is 0 Å². The summed E-state index contributed by atoms with van der Waals surface area (Å²) in [4.78, 5) is 25.0. The number of rotatable bonds is 8. The maximum absolute atomic E-state index is 13.4. The fourth-order valence-electron chi connectivity index (χ4n) is 6.96. The van der Waals surface area contributed by atoms with Crippen molar-refractivity contribution in [1.82, 2.24) is 0 Å². The van der Waals surface area contributed by atoms with Crippen LogP contribution in [0.2, 0.25) is 0 Å². The summed E-state index contributed by atoms with van der Waals surface area (Å²) < 4.78 is 16.4. The average Bonchev–Trinajstić information content (AvgIpc) is 2.81. The summed E-state index contributed by atoms with van der Waals surface area (Å²) in [5.41, 5.74) is 1.97. The van der Waals surface area contributed by atoms with Crippen molar-refractivity contribution >= 4 is 11.9 Å². The molecule has 4 saturated carbocycles. The third kappa shape index (κ3) is 4.38. The highest BCUT2D eigenvalue weighted by Gasteiger charge is 2.61. The van der Waals surface area contributed by atoms with E-state index in [0.29, 0.717) is 30.8 Å². The van der Waals surface area contributed by atoms with Gasteiger partial charge in [0.2, 0.25) is 0 Å². The molecule has 2 atom stereocenters. The lowest BCUT2D eigenvalue weighted by Crippen LogP contribution is -2.57. The van der Waals surface area contributed by atoms with Gasteiger partial charge in [-0.2, -0.15) is 0 Å². The van der Waals surface area contributed by atoms with E-state index in [1.165, 1.54) is 12.0 Å². The predicted molar refractivity (Wildman–Crippen MR) is 124 cm³/mol. The monoisotopic (exact) mass is 448 g/mol. The van der Waals surface area contributed by atoms with Gasteiger partial charge in [0, 0.05) is 0 Å². The molecule has 0 saturated heterocycles. The summed E-state index contributed by atoms with van der Waals surface area (Å²) in [7, 11) is 0. The number of carbonyl (C=O) groups excluding carboxylic acids is 2. The van der Waals surface area contributed by atoms with Gasteiger partial charge in [-0.25, -0.2) is 4.79 Å². The summed E-state index contributed by atoms with van der Waals surface area (Å²) in [5.74, 6) is 1.44. The zero-order valence-electron chi connectivity index (χ0n) is 19.3. The Labute approximate surface area is 195 Å². The van der Waals surface area contributed by atoms with E-state index in [9.17, 15) is 9.59 Å². The minimum absolute atomic E-state index is 0.0146. The Morgan fingerprint density at radius 3 is 2.27 bits per heavy atom. The zero-order valence-corrected chi connectivity index (χ0v) is 19.3. The van der Waals surface area contributed by atoms with Gasteiger partial charge in [0.1, 0.15) is 12.4 Å². The molecular formula is C28H32O5. The van der Waals surface area contributed by atoms with Crippen LogP contribution in [-0.2, 0) is 31.1 Å². The van der Waals surface area contributed by atoms with E-state index >= 15 is 0 Å². The molecule has 0 heterocycles. The van der Waals surface area contributed by atoms with Crippen LogP contribution in [0.4, 0.5) is 0 Å². The first-order chi connectivity index (χ1) is 16.0. The van der Waals surface area contributed by atoms with Crippen molar-refractivity contribution in [3.63, 3.8) is 0 Å².